The number of sulfonamides is 1. The topological polar surface area (TPSA) is 60.2 Å². The lowest BCUT2D eigenvalue weighted by Gasteiger charge is -1.95. The quantitative estimate of drug-likeness (QED) is 0.865. The Morgan fingerprint density at radius 1 is 0.824 bits per heavy atom. The number of benzene rings is 2. The van der Waals surface area contributed by atoms with Gasteiger partial charge in [-0.05, 0) is 24.3 Å². The van der Waals surface area contributed by atoms with E-state index in [0.717, 1.165) is 0 Å². The van der Waals surface area contributed by atoms with Crippen molar-refractivity contribution in [1.29, 1.82) is 0 Å². The van der Waals surface area contributed by atoms with Crippen LogP contribution in [0.15, 0.2) is 65.6 Å². The summed E-state index contributed by atoms with van der Waals surface area (Å²) < 4.78 is 21.4. The second kappa shape index (κ2) is 6.39. The summed E-state index contributed by atoms with van der Waals surface area (Å²) in [5.74, 6) is 0. The predicted octanol–water partition coefficient (Wildman–Crippen LogP) is 2.67. The van der Waals surface area contributed by atoms with Crippen LogP contribution in [0.4, 0.5) is 0 Å². The molecule has 0 amide bonds. The summed E-state index contributed by atoms with van der Waals surface area (Å²) in [5.41, 5.74) is 0. The number of rotatable bonds is 1. The molecule has 2 rings (SSSR count). The highest BCUT2D eigenvalue weighted by Crippen LogP contribution is 2.11. The Hall–Kier alpha value is -1.36. The highest BCUT2D eigenvalue weighted by atomic mass is 35.5. The molecular weight excluding hydrogens is 258 g/mol. The molecule has 17 heavy (non-hydrogen) atoms. The van der Waals surface area contributed by atoms with Crippen molar-refractivity contribution in [1.82, 2.24) is 0 Å². The summed E-state index contributed by atoms with van der Waals surface area (Å²) in [6, 6.07) is 17.7. The number of primary sulfonamides is 1. The third kappa shape index (κ3) is 5.49. The van der Waals surface area contributed by atoms with Crippen molar-refractivity contribution < 1.29 is 8.42 Å². The van der Waals surface area contributed by atoms with E-state index < -0.39 is 10.0 Å². The molecule has 0 fully saturated rings. The molecule has 0 saturated heterocycles. The molecule has 0 bridgehead atoms. The zero-order chi connectivity index (χ0) is 12.7. The molecule has 0 heterocycles. The van der Waals surface area contributed by atoms with Crippen LogP contribution < -0.4 is 5.14 Å². The summed E-state index contributed by atoms with van der Waals surface area (Å²) >= 11 is 5.53. The predicted molar refractivity (Wildman–Crippen MR) is 69.3 cm³/mol. The van der Waals surface area contributed by atoms with E-state index in [1.807, 2.05) is 36.4 Å². The molecule has 0 radical (unpaired) electrons. The average Bonchev–Trinajstić information content (AvgIpc) is 2.31. The van der Waals surface area contributed by atoms with Crippen molar-refractivity contribution in [3.05, 3.63) is 65.7 Å². The number of halogens is 1. The maximum atomic E-state index is 10.7. The number of hydrogen-bond acceptors (Lipinski definition) is 2. The molecule has 2 N–H and O–H groups in total. The van der Waals surface area contributed by atoms with Crippen LogP contribution in [0.25, 0.3) is 0 Å². The van der Waals surface area contributed by atoms with Gasteiger partial charge in [0.15, 0.2) is 0 Å². The lowest BCUT2D eigenvalue weighted by atomic mass is 10.4. The standard InChI is InChI=1S/C6H6ClNO2S.C6H6/c7-5-1-3-6(4-2-5)11(8,9)10;1-2-4-6-5-3-1/h1-4H,(H2,8,9,10);1-6H. The zero-order valence-electron chi connectivity index (χ0n) is 8.95. The molecule has 0 aliphatic rings. The Morgan fingerprint density at radius 3 is 1.47 bits per heavy atom. The minimum atomic E-state index is -3.58. The van der Waals surface area contributed by atoms with Crippen LogP contribution in [0.2, 0.25) is 5.02 Å². The first-order chi connectivity index (χ1) is 8.00. The van der Waals surface area contributed by atoms with Gasteiger partial charge >= 0.3 is 0 Å². The maximum Gasteiger partial charge on any atom is 0.238 e. The summed E-state index contributed by atoms with van der Waals surface area (Å²) in [6.45, 7) is 0. The van der Waals surface area contributed by atoms with Gasteiger partial charge < -0.3 is 0 Å². The van der Waals surface area contributed by atoms with Crippen LogP contribution in [-0.2, 0) is 10.0 Å². The second-order valence-corrected chi connectivity index (χ2v) is 5.15. The first kappa shape index (κ1) is 13.7. The van der Waals surface area contributed by atoms with Gasteiger partial charge in [0, 0.05) is 5.02 Å². The van der Waals surface area contributed by atoms with Gasteiger partial charge in [-0.15, -0.1) is 0 Å². The van der Waals surface area contributed by atoms with Gasteiger partial charge in [-0.2, -0.15) is 0 Å². The highest BCUT2D eigenvalue weighted by molar-refractivity contribution is 7.89. The molecular formula is C12H12ClNO2S. The summed E-state index contributed by atoms with van der Waals surface area (Å²) in [5, 5.41) is 5.32. The molecule has 2 aromatic carbocycles. The largest absolute Gasteiger partial charge is 0.238 e. The maximum absolute atomic E-state index is 10.7. The molecule has 0 atom stereocenters. The van der Waals surface area contributed by atoms with Crippen molar-refractivity contribution in [2.75, 3.05) is 0 Å². The Bertz CT molecular complexity index is 512. The normalized spacial score (nSPS) is 10.2. The second-order valence-electron chi connectivity index (χ2n) is 3.15. The fourth-order valence-electron chi connectivity index (χ4n) is 1.01. The minimum Gasteiger partial charge on any atom is -0.225 e. The van der Waals surface area contributed by atoms with Crippen molar-refractivity contribution >= 4 is 21.6 Å². The molecule has 90 valence electrons. The first-order valence-electron chi connectivity index (χ1n) is 4.78. The lowest BCUT2D eigenvalue weighted by Crippen LogP contribution is -2.11. The van der Waals surface area contributed by atoms with Gasteiger partial charge in [-0.3, -0.25) is 0 Å². The van der Waals surface area contributed by atoms with E-state index in [4.69, 9.17) is 16.7 Å². The molecule has 0 aromatic heterocycles. The SMILES string of the molecule is NS(=O)(=O)c1ccc(Cl)cc1.c1ccccc1. The van der Waals surface area contributed by atoms with E-state index in [-0.39, 0.29) is 4.90 Å². The van der Waals surface area contributed by atoms with Crippen molar-refractivity contribution in [3.63, 3.8) is 0 Å². The highest BCUT2D eigenvalue weighted by Gasteiger charge is 2.05. The molecule has 0 aliphatic heterocycles. The summed E-state index contributed by atoms with van der Waals surface area (Å²) in [4.78, 5) is 0.0712. The Morgan fingerprint density at radius 2 is 1.18 bits per heavy atom. The third-order valence-corrected chi connectivity index (χ3v) is 2.99. The van der Waals surface area contributed by atoms with Gasteiger partial charge in [0.05, 0.1) is 4.90 Å². The van der Waals surface area contributed by atoms with Crippen LogP contribution in [-0.4, -0.2) is 8.42 Å². The molecule has 0 unspecified atom stereocenters. The van der Waals surface area contributed by atoms with Gasteiger partial charge in [0.2, 0.25) is 10.0 Å². The van der Waals surface area contributed by atoms with Crippen LogP contribution in [0.3, 0.4) is 0 Å². The van der Waals surface area contributed by atoms with Crippen molar-refractivity contribution in [3.8, 4) is 0 Å². The molecule has 3 nitrogen and oxygen atoms in total. The van der Waals surface area contributed by atoms with Gasteiger partial charge in [0.1, 0.15) is 0 Å². The number of hydrogen-bond donors (Lipinski definition) is 1. The van der Waals surface area contributed by atoms with Crippen molar-refractivity contribution in [2.45, 2.75) is 4.90 Å². The fraction of sp³-hybridized carbons (Fsp3) is 0. The molecule has 2 aromatic rings. The van der Waals surface area contributed by atoms with Crippen molar-refractivity contribution in [2.24, 2.45) is 5.14 Å². The first-order valence-corrected chi connectivity index (χ1v) is 6.71. The van der Waals surface area contributed by atoms with Gasteiger partial charge in [-0.25, -0.2) is 13.6 Å². The summed E-state index contributed by atoms with van der Waals surface area (Å²) in [7, 11) is -3.58. The monoisotopic (exact) mass is 269 g/mol. The van der Waals surface area contributed by atoms with E-state index in [2.05, 4.69) is 0 Å². The van der Waals surface area contributed by atoms with E-state index in [1.54, 1.807) is 0 Å². The number of nitrogens with two attached hydrogens (primary N) is 1. The summed E-state index contributed by atoms with van der Waals surface area (Å²) in [6.07, 6.45) is 0. The van der Waals surface area contributed by atoms with E-state index >= 15 is 0 Å². The Labute approximate surface area is 106 Å². The third-order valence-electron chi connectivity index (χ3n) is 1.81. The van der Waals surface area contributed by atoms with Crippen LogP contribution in [0.5, 0.6) is 0 Å². The average molecular weight is 270 g/mol. The smallest absolute Gasteiger partial charge is 0.225 e. The lowest BCUT2D eigenvalue weighted by molar-refractivity contribution is 0.598. The molecule has 0 aliphatic carbocycles. The van der Waals surface area contributed by atoms with Crippen LogP contribution in [0.1, 0.15) is 0 Å². The van der Waals surface area contributed by atoms with Crippen LogP contribution in [0, 0.1) is 0 Å². The van der Waals surface area contributed by atoms with Crippen LogP contribution >= 0.6 is 11.6 Å². The Balaban J connectivity index is 0.000000202. The molecule has 0 spiro atoms. The van der Waals surface area contributed by atoms with E-state index in [0.29, 0.717) is 5.02 Å². The molecule has 0 saturated carbocycles. The fourth-order valence-corrected chi connectivity index (χ4v) is 1.65. The van der Waals surface area contributed by atoms with Gasteiger partial charge in [0.25, 0.3) is 0 Å². The molecule has 5 heteroatoms. The minimum absolute atomic E-state index is 0.0712. The zero-order valence-corrected chi connectivity index (χ0v) is 10.5. The van der Waals surface area contributed by atoms with E-state index in [9.17, 15) is 8.42 Å². The van der Waals surface area contributed by atoms with Gasteiger partial charge in [-0.1, -0.05) is 48.0 Å². The Kier molecular flexibility index (Phi) is 5.15. The van der Waals surface area contributed by atoms with E-state index in [1.165, 1.54) is 24.3 Å².